The van der Waals surface area contributed by atoms with Crippen LogP contribution in [0.3, 0.4) is 0 Å². The summed E-state index contributed by atoms with van der Waals surface area (Å²) in [7, 11) is 0. The monoisotopic (exact) mass is 218 g/mol. The van der Waals surface area contributed by atoms with Gasteiger partial charge in [-0.3, -0.25) is 0 Å². The van der Waals surface area contributed by atoms with Crippen LogP contribution in [0.15, 0.2) is 48.5 Å². The van der Waals surface area contributed by atoms with Gasteiger partial charge in [-0.25, -0.2) is 0 Å². The number of hydrogen-bond acceptors (Lipinski definition) is 0. The first kappa shape index (κ1) is 14.1. The summed E-state index contributed by atoms with van der Waals surface area (Å²) in [6.07, 6.45) is 2.18. The summed E-state index contributed by atoms with van der Waals surface area (Å²) in [5.41, 5.74) is 5.65. The van der Waals surface area contributed by atoms with Crippen molar-refractivity contribution in [2.45, 2.75) is 26.7 Å². The van der Waals surface area contributed by atoms with Gasteiger partial charge in [-0.05, 0) is 35.1 Å². The van der Waals surface area contributed by atoms with Crippen molar-refractivity contribution in [1.29, 1.82) is 0 Å². The van der Waals surface area contributed by atoms with Gasteiger partial charge in [0.15, 0.2) is 0 Å². The SMILES string of the molecule is CCc1ccccc1-c1ccccc1CC.[H-].[Li+]. The molecule has 0 nitrogen and oxygen atoms in total. The maximum Gasteiger partial charge on any atom is 1.00 e. The van der Waals surface area contributed by atoms with E-state index >= 15 is 0 Å². The molecular weight excluding hydrogens is 199 g/mol. The van der Waals surface area contributed by atoms with E-state index in [0.29, 0.717) is 0 Å². The van der Waals surface area contributed by atoms with E-state index in [1.54, 1.807) is 0 Å². The third kappa shape index (κ3) is 3.03. The molecule has 1 heteroatoms. The first-order chi connectivity index (χ1) is 7.86. The minimum Gasteiger partial charge on any atom is -1.00 e. The minimum atomic E-state index is 0. The predicted molar refractivity (Wildman–Crippen MR) is 71.7 cm³/mol. The van der Waals surface area contributed by atoms with Gasteiger partial charge >= 0.3 is 18.9 Å². The smallest absolute Gasteiger partial charge is 1.00 e. The standard InChI is InChI=1S/C16H18.Li.H/c1-3-13-9-5-7-11-15(13)16-12-8-6-10-14(16)4-2;;/h5-12H,3-4H2,1-2H3;;/q;+1;-1. The van der Waals surface area contributed by atoms with E-state index in [4.69, 9.17) is 0 Å². The maximum absolute atomic E-state index is 2.23. The molecule has 17 heavy (non-hydrogen) atoms. The summed E-state index contributed by atoms with van der Waals surface area (Å²) in [6, 6.07) is 17.4. The van der Waals surface area contributed by atoms with Gasteiger partial charge in [0.05, 0.1) is 0 Å². The molecule has 2 rings (SSSR count). The van der Waals surface area contributed by atoms with Gasteiger partial charge in [0.1, 0.15) is 0 Å². The van der Waals surface area contributed by atoms with Gasteiger partial charge in [-0.2, -0.15) is 0 Å². The number of rotatable bonds is 3. The Labute approximate surface area is 118 Å². The normalized spacial score (nSPS) is 9.76. The van der Waals surface area contributed by atoms with Gasteiger partial charge in [0.25, 0.3) is 0 Å². The van der Waals surface area contributed by atoms with E-state index in [0.717, 1.165) is 12.8 Å². The Kier molecular flexibility index (Phi) is 5.55. The summed E-state index contributed by atoms with van der Waals surface area (Å²) < 4.78 is 0. The number of benzene rings is 2. The zero-order valence-corrected chi connectivity index (χ0v) is 11.0. The van der Waals surface area contributed by atoms with Crippen molar-refractivity contribution >= 4 is 0 Å². The molecule has 0 aliphatic carbocycles. The van der Waals surface area contributed by atoms with E-state index in [-0.39, 0.29) is 20.3 Å². The molecule has 0 aliphatic heterocycles. The average Bonchev–Trinajstić information content (AvgIpc) is 2.38. The molecule has 2 aromatic rings. The van der Waals surface area contributed by atoms with E-state index in [2.05, 4.69) is 62.4 Å². The summed E-state index contributed by atoms with van der Waals surface area (Å²) in [5.74, 6) is 0. The van der Waals surface area contributed by atoms with Crippen molar-refractivity contribution in [3.05, 3.63) is 59.7 Å². The van der Waals surface area contributed by atoms with Crippen LogP contribution in [0.25, 0.3) is 11.1 Å². The first-order valence-electron chi connectivity index (χ1n) is 6.03. The Hall–Kier alpha value is -0.963. The van der Waals surface area contributed by atoms with Crippen LogP contribution in [0, 0.1) is 0 Å². The third-order valence-electron chi connectivity index (χ3n) is 3.09. The van der Waals surface area contributed by atoms with Crippen molar-refractivity contribution in [2.75, 3.05) is 0 Å². The van der Waals surface area contributed by atoms with E-state index in [1.165, 1.54) is 22.3 Å². The van der Waals surface area contributed by atoms with Crippen LogP contribution in [-0.4, -0.2) is 0 Å². The van der Waals surface area contributed by atoms with Crippen LogP contribution in [0.1, 0.15) is 26.4 Å². The Bertz CT molecular complexity index is 435. The van der Waals surface area contributed by atoms with Crippen LogP contribution in [-0.2, 0) is 12.8 Å². The molecule has 0 saturated heterocycles. The van der Waals surface area contributed by atoms with Gasteiger partial charge in [-0.1, -0.05) is 62.4 Å². The maximum atomic E-state index is 2.23. The van der Waals surface area contributed by atoms with Crippen LogP contribution >= 0.6 is 0 Å². The molecular formula is C16H19Li. The third-order valence-corrected chi connectivity index (χ3v) is 3.09. The fourth-order valence-corrected chi connectivity index (χ4v) is 2.18. The second-order valence-electron chi connectivity index (χ2n) is 4.02. The summed E-state index contributed by atoms with van der Waals surface area (Å²) in [5, 5.41) is 0. The Morgan fingerprint density at radius 1 is 0.706 bits per heavy atom. The molecule has 0 aliphatic rings. The van der Waals surface area contributed by atoms with E-state index < -0.39 is 0 Å². The molecule has 0 N–H and O–H groups in total. The number of hydrogen-bond donors (Lipinski definition) is 0. The molecule has 84 valence electrons. The van der Waals surface area contributed by atoms with E-state index in [9.17, 15) is 0 Å². The Morgan fingerprint density at radius 2 is 1.06 bits per heavy atom. The second-order valence-corrected chi connectivity index (χ2v) is 4.02. The van der Waals surface area contributed by atoms with Gasteiger partial charge in [0.2, 0.25) is 0 Å². The number of aryl methyl sites for hydroxylation is 2. The van der Waals surface area contributed by atoms with Crippen molar-refractivity contribution in [3.8, 4) is 11.1 Å². The summed E-state index contributed by atoms with van der Waals surface area (Å²) in [4.78, 5) is 0. The largest absolute Gasteiger partial charge is 1.00 e. The molecule has 0 heterocycles. The molecule has 0 saturated carbocycles. The molecule has 2 aromatic carbocycles. The van der Waals surface area contributed by atoms with Crippen LogP contribution in [0.4, 0.5) is 0 Å². The Balaban J connectivity index is 0.00000144. The molecule has 0 aromatic heterocycles. The van der Waals surface area contributed by atoms with Crippen LogP contribution in [0.2, 0.25) is 0 Å². The topological polar surface area (TPSA) is 0 Å². The van der Waals surface area contributed by atoms with Crippen molar-refractivity contribution < 1.29 is 20.3 Å². The molecule has 0 bridgehead atoms. The predicted octanol–water partition coefficient (Wildman–Crippen LogP) is 1.59. The van der Waals surface area contributed by atoms with Gasteiger partial charge < -0.3 is 1.43 Å². The summed E-state index contributed by atoms with van der Waals surface area (Å²) in [6.45, 7) is 4.43. The van der Waals surface area contributed by atoms with Gasteiger partial charge in [-0.15, -0.1) is 0 Å². The minimum absolute atomic E-state index is 0. The molecule has 0 spiro atoms. The zero-order chi connectivity index (χ0) is 11.4. The fraction of sp³-hybridized carbons (Fsp3) is 0.250. The summed E-state index contributed by atoms with van der Waals surface area (Å²) >= 11 is 0. The molecule has 0 atom stereocenters. The van der Waals surface area contributed by atoms with Crippen LogP contribution in [0.5, 0.6) is 0 Å². The molecule has 0 unspecified atom stereocenters. The molecule has 0 amide bonds. The van der Waals surface area contributed by atoms with Gasteiger partial charge in [0, 0.05) is 0 Å². The first-order valence-corrected chi connectivity index (χ1v) is 6.03. The zero-order valence-electron chi connectivity index (χ0n) is 12.0. The molecule has 0 radical (unpaired) electrons. The van der Waals surface area contributed by atoms with E-state index in [1.807, 2.05) is 0 Å². The van der Waals surface area contributed by atoms with Crippen molar-refractivity contribution in [2.24, 2.45) is 0 Å². The second kappa shape index (κ2) is 6.70. The van der Waals surface area contributed by atoms with Crippen molar-refractivity contribution in [1.82, 2.24) is 0 Å². The van der Waals surface area contributed by atoms with Crippen molar-refractivity contribution in [3.63, 3.8) is 0 Å². The quantitative estimate of drug-likeness (QED) is 0.686. The van der Waals surface area contributed by atoms with Crippen LogP contribution < -0.4 is 18.9 Å². The Morgan fingerprint density at radius 3 is 1.41 bits per heavy atom. The fourth-order valence-electron chi connectivity index (χ4n) is 2.18. The molecule has 0 fully saturated rings. The average molecular weight is 218 g/mol.